The van der Waals surface area contributed by atoms with Gasteiger partial charge in [0.2, 0.25) is 5.91 Å². The van der Waals surface area contributed by atoms with E-state index in [1.54, 1.807) is 25.4 Å². The van der Waals surface area contributed by atoms with Crippen molar-refractivity contribution in [3.8, 4) is 0 Å². The van der Waals surface area contributed by atoms with Crippen LogP contribution in [0.25, 0.3) is 0 Å². The summed E-state index contributed by atoms with van der Waals surface area (Å²) >= 11 is 0. The van der Waals surface area contributed by atoms with Crippen LogP contribution >= 0.6 is 0 Å². The number of nitrogens with one attached hydrogen (secondary N) is 2. The SMILES string of the molecule is COC(=O)C1CC[NH+](CC(=O)N(C)CC(=O)NCc2ccco2)CC1. The summed E-state index contributed by atoms with van der Waals surface area (Å²) in [6.07, 6.45) is 2.99. The molecular weight excluding hydrogens is 326 g/mol. The average molecular weight is 352 g/mol. The molecule has 2 N–H and O–H groups in total. The first-order chi connectivity index (χ1) is 12.0. The van der Waals surface area contributed by atoms with E-state index in [9.17, 15) is 14.4 Å². The molecular formula is C17H26N3O5+. The number of rotatable bonds is 7. The Morgan fingerprint density at radius 1 is 1.36 bits per heavy atom. The Labute approximate surface area is 147 Å². The third-order valence-corrected chi connectivity index (χ3v) is 4.47. The molecule has 1 fully saturated rings. The van der Waals surface area contributed by atoms with Gasteiger partial charge in [0.1, 0.15) is 5.76 Å². The normalized spacial score (nSPS) is 19.9. The number of carbonyl (C=O) groups excluding carboxylic acids is 3. The highest BCUT2D eigenvalue weighted by Crippen LogP contribution is 2.10. The fraction of sp³-hybridized carbons (Fsp3) is 0.588. The predicted molar refractivity (Wildman–Crippen MR) is 88.5 cm³/mol. The lowest BCUT2D eigenvalue weighted by molar-refractivity contribution is -0.898. The monoisotopic (exact) mass is 352 g/mol. The number of ether oxygens (including phenoxy) is 1. The van der Waals surface area contributed by atoms with Crippen molar-refractivity contribution in [2.75, 3.05) is 40.3 Å². The fourth-order valence-electron chi connectivity index (χ4n) is 2.91. The van der Waals surface area contributed by atoms with E-state index in [0.717, 1.165) is 30.8 Å². The van der Waals surface area contributed by atoms with Crippen molar-refractivity contribution >= 4 is 17.8 Å². The first-order valence-electron chi connectivity index (χ1n) is 8.44. The Morgan fingerprint density at radius 2 is 2.08 bits per heavy atom. The van der Waals surface area contributed by atoms with Gasteiger partial charge in [-0.15, -0.1) is 0 Å². The number of methoxy groups -OCH3 is 1. The maximum absolute atomic E-state index is 12.3. The lowest BCUT2D eigenvalue weighted by Crippen LogP contribution is -3.14. The molecule has 2 heterocycles. The molecule has 138 valence electrons. The Morgan fingerprint density at radius 3 is 2.68 bits per heavy atom. The standard InChI is InChI=1S/C17H25N3O5/c1-19(11-15(21)18-10-14-4-3-9-25-14)16(22)12-20-7-5-13(6-8-20)17(23)24-2/h3-4,9,13H,5-8,10-12H2,1-2H3,(H,18,21)/p+1. The van der Waals surface area contributed by atoms with E-state index in [2.05, 4.69) is 5.32 Å². The summed E-state index contributed by atoms with van der Waals surface area (Å²) in [6, 6.07) is 3.53. The molecule has 0 saturated carbocycles. The van der Waals surface area contributed by atoms with E-state index in [0.29, 0.717) is 18.8 Å². The van der Waals surface area contributed by atoms with Crippen LogP contribution in [0.2, 0.25) is 0 Å². The molecule has 25 heavy (non-hydrogen) atoms. The summed E-state index contributed by atoms with van der Waals surface area (Å²) in [5.41, 5.74) is 0. The molecule has 8 nitrogen and oxygen atoms in total. The Bertz CT molecular complexity index is 579. The van der Waals surface area contributed by atoms with E-state index in [4.69, 9.17) is 9.15 Å². The quantitative estimate of drug-likeness (QED) is 0.603. The van der Waals surface area contributed by atoms with Crippen LogP contribution in [-0.2, 0) is 25.7 Å². The van der Waals surface area contributed by atoms with Crippen molar-refractivity contribution in [3.05, 3.63) is 24.2 Å². The minimum Gasteiger partial charge on any atom is -0.469 e. The number of quaternary nitrogens is 1. The van der Waals surface area contributed by atoms with E-state index in [1.165, 1.54) is 12.0 Å². The summed E-state index contributed by atoms with van der Waals surface area (Å²) in [5, 5.41) is 2.71. The second kappa shape index (κ2) is 9.22. The highest BCUT2D eigenvalue weighted by atomic mass is 16.5. The third-order valence-electron chi connectivity index (χ3n) is 4.47. The molecule has 8 heteroatoms. The molecule has 0 spiro atoms. The highest BCUT2D eigenvalue weighted by Gasteiger charge is 2.29. The molecule has 2 rings (SSSR count). The zero-order valence-electron chi connectivity index (χ0n) is 14.7. The molecule has 2 amide bonds. The van der Waals surface area contributed by atoms with Gasteiger partial charge in [0.05, 0.1) is 45.5 Å². The lowest BCUT2D eigenvalue weighted by atomic mass is 9.97. The van der Waals surface area contributed by atoms with Crippen LogP contribution in [0.15, 0.2) is 22.8 Å². The topological polar surface area (TPSA) is 93.3 Å². The van der Waals surface area contributed by atoms with Crippen molar-refractivity contribution in [2.24, 2.45) is 5.92 Å². The maximum atomic E-state index is 12.3. The van der Waals surface area contributed by atoms with Crippen molar-refractivity contribution in [1.82, 2.24) is 10.2 Å². The van der Waals surface area contributed by atoms with Crippen molar-refractivity contribution in [3.63, 3.8) is 0 Å². The number of hydrogen-bond donors (Lipinski definition) is 2. The summed E-state index contributed by atoms with van der Waals surface area (Å²) in [4.78, 5) is 38.2. The van der Waals surface area contributed by atoms with Gasteiger partial charge in [-0.25, -0.2) is 0 Å². The number of piperidine rings is 1. The molecule has 1 aliphatic heterocycles. The fourth-order valence-corrected chi connectivity index (χ4v) is 2.91. The number of likely N-dealkylation sites (tertiary alicyclic amines) is 1. The molecule has 1 saturated heterocycles. The van der Waals surface area contributed by atoms with Crippen LogP contribution in [0.3, 0.4) is 0 Å². The van der Waals surface area contributed by atoms with E-state index >= 15 is 0 Å². The lowest BCUT2D eigenvalue weighted by Gasteiger charge is -2.28. The zero-order chi connectivity index (χ0) is 18.2. The van der Waals surface area contributed by atoms with Gasteiger partial charge >= 0.3 is 5.97 Å². The van der Waals surface area contributed by atoms with E-state index in [-0.39, 0.29) is 30.2 Å². The highest BCUT2D eigenvalue weighted by molar-refractivity contribution is 5.84. The van der Waals surface area contributed by atoms with Gasteiger partial charge in [0.25, 0.3) is 5.91 Å². The van der Waals surface area contributed by atoms with Crippen LogP contribution in [0, 0.1) is 5.92 Å². The Balaban J connectivity index is 1.68. The van der Waals surface area contributed by atoms with Gasteiger partial charge in [-0.2, -0.15) is 0 Å². The number of amides is 2. The molecule has 0 radical (unpaired) electrons. The summed E-state index contributed by atoms with van der Waals surface area (Å²) in [6.45, 7) is 2.15. The van der Waals surface area contributed by atoms with Crippen molar-refractivity contribution in [1.29, 1.82) is 0 Å². The second-order valence-electron chi connectivity index (χ2n) is 6.33. The minimum atomic E-state index is -0.230. The van der Waals surface area contributed by atoms with Gasteiger partial charge in [0.15, 0.2) is 6.54 Å². The first kappa shape index (κ1) is 19.0. The molecule has 1 aromatic rings. The summed E-state index contributed by atoms with van der Waals surface area (Å²) in [5.74, 6) is 0.122. The molecule has 0 aromatic carbocycles. The number of nitrogens with zero attached hydrogens (tertiary/aromatic N) is 1. The summed E-state index contributed by atoms with van der Waals surface area (Å²) < 4.78 is 9.90. The number of esters is 1. The van der Waals surface area contributed by atoms with Crippen molar-refractivity contribution < 1.29 is 28.4 Å². The van der Waals surface area contributed by atoms with Crippen LogP contribution in [0.5, 0.6) is 0 Å². The van der Waals surface area contributed by atoms with Crippen molar-refractivity contribution in [2.45, 2.75) is 19.4 Å². The number of likely N-dealkylation sites (N-methyl/N-ethyl adjacent to an activating group) is 1. The maximum Gasteiger partial charge on any atom is 0.309 e. The van der Waals surface area contributed by atoms with Crippen LogP contribution in [0.4, 0.5) is 0 Å². The molecule has 0 aliphatic carbocycles. The average Bonchev–Trinajstić information content (AvgIpc) is 3.13. The molecule has 0 bridgehead atoms. The second-order valence-corrected chi connectivity index (χ2v) is 6.33. The molecule has 0 atom stereocenters. The van der Waals surface area contributed by atoms with Crippen LogP contribution in [0.1, 0.15) is 18.6 Å². The van der Waals surface area contributed by atoms with Gasteiger partial charge < -0.3 is 24.3 Å². The predicted octanol–water partition coefficient (Wildman–Crippen LogP) is -1.18. The number of carbonyl (C=O) groups is 3. The van der Waals surface area contributed by atoms with Gasteiger partial charge in [-0.1, -0.05) is 0 Å². The van der Waals surface area contributed by atoms with E-state index < -0.39 is 0 Å². The molecule has 1 aromatic heterocycles. The Kier molecular flexibility index (Phi) is 7.00. The zero-order valence-corrected chi connectivity index (χ0v) is 14.7. The smallest absolute Gasteiger partial charge is 0.309 e. The van der Waals surface area contributed by atoms with E-state index in [1.807, 2.05) is 0 Å². The van der Waals surface area contributed by atoms with Crippen LogP contribution < -0.4 is 10.2 Å². The summed E-state index contributed by atoms with van der Waals surface area (Å²) in [7, 11) is 3.02. The Hall–Kier alpha value is -2.35. The van der Waals surface area contributed by atoms with Gasteiger partial charge in [-0.05, 0) is 12.1 Å². The first-order valence-corrected chi connectivity index (χ1v) is 8.44. The largest absolute Gasteiger partial charge is 0.469 e. The number of furan rings is 1. The van der Waals surface area contributed by atoms with Gasteiger partial charge in [-0.3, -0.25) is 14.4 Å². The van der Waals surface area contributed by atoms with Crippen LogP contribution in [-0.4, -0.2) is 63.0 Å². The number of hydrogen-bond acceptors (Lipinski definition) is 5. The molecule has 1 aliphatic rings. The third kappa shape index (κ3) is 5.90. The minimum absolute atomic E-state index is 0.0115. The van der Waals surface area contributed by atoms with Gasteiger partial charge in [0, 0.05) is 19.9 Å². The molecule has 0 unspecified atom stereocenters.